The largest absolute Gasteiger partial charge is 0.432 e. The van der Waals surface area contributed by atoms with Gasteiger partial charge in [-0.05, 0) is 62.0 Å². The molecule has 1 saturated heterocycles. The van der Waals surface area contributed by atoms with E-state index in [1.54, 1.807) is 53.2 Å². The van der Waals surface area contributed by atoms with Crippen molar-refractivity contribution < 1.29 is 24.2 Å². The highest BCUT2D eigenvalue weighted by molar-refractivity contribution is 6.71. The van der Waals surface area contributed by atoms with E-state index < -0.39 is 20.0 Å². The molecule has 0 radical (unpaired) electrons. The predicted octanol–water partition coefficient (Wildman–Crippen LogP) is 2.51. The molecule has 0 saturated carbocycles. The molecule has 1 spiro atoms. The molecule has 3 aromatic rings. The number of hydrogen-bond acceptors (Lipinski definition) is 8. The van der Waals surface area contributed by atoms with Gasteiger partial charge in [0.2, 0.25) is 0 Å². The van der Waals surface area contributed by atoms with Gasteiger partial charge in [0, 0.05) is 66.8 Å². The molecule has 3 heterocycles. The summed E-state index contributed by atoms with van der Waals surface area (Å²) in [6, 6.07) is 12.0. The number of aromatic nitrogens is 3. The molecule has 212 valence electrons. The number of nitrogens with two attached hydrogens (primary N) is 1. The van der Waals surface area contributed by atoms with Crippen molar-refractivity contribution in [3.8, 4) is 0 Å². The number of amides is 2. The molecule has 11 nitrogen and oxygen atoms in total. The number of aryl methyl sites for hydroxylation is 1. The van der Waals surface area contributed by atoms with E-state index in [9.17, 15) is 19.5 Å². The number of aliphatic hydroxyl groups excluding tert-OH is 1. The number of ether oxygens (including phenoxy) is 1. The zero-order chi connectivity index (χ0) is 28.8. The predicted molar refractivity (Wildman–Crippen MR) is 153 cm³/mol. The first-order chi connectivity index (χ1) is 19.0. The van der Waals surface area contributed by atoms with Gasteiger partial charge in [0.15, 0.2) is 13.9 Å². The van der Waals surface area contributed by atoms with Crippen LogP contribution in [-0.2, 0) is 28.1 Å². The minimum absolute atomic E-state index is 0.00565. The number of rotatable bonds is 8. The lowest BCUT2D eigenvalue weighted by Gasteiger charge is -2.32. The Morgan fingerprint density at radius 2 is 1.95 bits per heavy atom. The van der Waals surface area contributed by atoms with Gasteiger partial charge in [-0.1, -0.05) is 12.1 Å². The smallest absolute Gasteiger partial charge is 0.264 e. The lowest BCUT2D eigenvalue weighted by molar-refractivity contribution is -0.145. The molecule has 0 aliphatic carbocycles. The summed E-state index contributed by atoms with van der Waals surface area (Å²) in [5, 5.41) is 20.3. The second-order valence-electron chi connectivity index (χ2n) is 11.3. The van der Waals surface area contributed by atoms with Crippen molar-refractivity contribution in [2.75, 3.05) is 29.6 Å². The zero-order valence-electron chi connectivity index (χ0n) is 23.2. The number of carbonyl (C=O) groups excluding carboxylic acids is 2. The Kier molecular flexibility index (Phi) is 7.29. The minimum Gasteiger partial charge on any atom is -0.432 e. The zero-order valence-corrected chi connectivity index (χ0v) is 24.2. The molecule has 0 unspecified atom stereocenters. The van der Waals surface area contributed by atoms with E-state index in [1.165, 1.54) is 0 Å². The molecule has 2 aromatic carbocycles. The number of likely N-dealkylation sites (N-methyl/N-ethyl adjacent to an activating group) is 1. The second kappa shape index (κ2) is 10.4. The quantitative estimate of drug-likeness (QED) is 0.240. The van der Waals surface area contributed by atoms with Crippen molar-refractivity contribution in [1.29, 1.82) is 0 Å². The normalized spacial score (nSPS) is 24.1. The number of carbonyl (C=O) groups is 2. The molecule has 12 heteroatoms. The van der Waals surface area contributed by atoms with Crippen LogP contribution in [0.3, 0.4) is 0 Å². The van der Waals surface area contributed by atoms with Crippen LogP contribution in [0.15, 0.2) is 48.7 Å². The SMILES string of the molecule is C[C@@H]1[C@@H]([Si](C)(C)O)[C@H](CCn2cc(CCO)nn2)O[C@@]12C(=O)N(C)c1ccc(NC(=O)c3ccc(N)cc3)cc12. The van der Waals surface area contributed by atoms with Crippen molar-refractivity contribution in [1.82, 2.24) is 15.0 Å². The van der Waals surface area contributed by atoms with Crippen LogP contribution in [0, 0.1) is 5.92 Å². The van der Waals surface area contributed by atoms with Gasteiger partial charge >= 0.3 is 0 Å². The summed E-state index contributed by atoms with van der Waals surface area (Å²) in [5.41, 5.74) is 7.89. The van der Waals surface area contributed by atoms with Gasteiger partial charge in [0.05, 0.1) is 17.5 Å². The maximum Gasteiger partial charge on any atom is 0.264 e. The van der Waals surface area contributed by atoms with E-state index in [-0.39, 0.29) is 29.9 Å². The summed E-state index contributed by atoms with van der Waals surface area (Å²) >= 11 is 0. The van der Waals surface area contributed by atoms with Gasteiger partial charge < -0.3 is 30.6 Å². The molecule has 5 N–H and O–H groups in total. The fourth-order valence-electron chi connectivity index (χ4n) is 6.31. The van der Waals surface area contributed by atoms with Crippen LogP contribution < -0.4 is 16.0 Å². The Bertz CT molecular complexity index is 1420. The van der Waals surface area contributed by atoms with Crippen molar-refractivity contribution in [2.45, 2.75) is 56.7 Å². The van der Waals surface area contributed by atoms with Crippen molar-refractivity contribution in [2.24, 2.45) is 5.92 Å². The summed E-state index contributed by atoms with van der Waals surface area (Å²) in [7, 11) is -1.08. The van der Waals surface area contributed by atoms with Gasteiger partial charge in [0.25, 0.3) is 11.8 Å². The first kappa shape index (κ1) is 28.0. The van der Waals surface area contributed by atoms with Crippen LogP contribution in [0.2, 0.25) is 18.6 Å². The Labute approximate surface area is 234 Å². The van der Waals surface area contributed by atoms with Crippen LogP contribution in [-0.4, -0.2) is 64.8 Å². The number of nitrogens with one attached hydrogen (secondary N) is 1. The summed E-state index contributed by atoms with van der Waals surface area (Å²) < 4.78 is 8.46. The minimum atomic E-state index is -2.81. The molecule has 1 aromatic heterocycles. The van der Waals surface area contributed by atoms with Crippen LogP contribution in [0.1, 0.15) is 35.0 Å². The number of nitrogens with zero attached hydrogens (tertiary/aromatic N) is 4. The number of nitrogen functional groups attached to an aromatic ring is 1. The fraction of sp³-hybridized carbons (Fsp3) is 0.429. The number of aliphatic hydroxyl groups is 1. The molecule has 4 atom stereocenters. The third-order valence-electron chi connectivity index (χ3n) is 8.14. The Morgan fingerprint density at radius 3 is 2.62 bits per heavy atom. The average Bonchev–Trinajstić information content (AvgIpc) is 3.54. The summed E-state index contributed by atoms with van der Waals surface area (Å²) in [6.45, 7) is 6.22. The molecule has 0 bridgehead atoms. The Morgan fingerprint density at radius 1 is 1.23 bits per heavy atom. The van der Waals surface area contributed by atoms with Gasteiger partial charge in [-0.3, -0.25) is 14.3 Å². The van der Waals surface area contributed by atoms with Gasteiger partial charge in [0.1, 0.15) is 0 Å². The van der Waals surface area contributed by atoms with Gasteiger partial charge in [-0.15, -0.1) is 5.10 Å². The number of hydrogen-bond donors (Lipinski definition) is 4. The summed E-state index contributed by atoms with van der Waals surface area (Å²) in [6.07, 6.45) is 2.34. The average molecular weight is 565 g/mol. The highest BCUT2D eigenvalue weighted by atomic mass is 28.4. The van der Waals surface area contributed by atoms with E-state index in [0.717, 1.165) is 0 Å². The molecular formula is C28H36N6O5Si. The first-order valence-corrected chi connectivity index (χ1v) is 16.5. The van der Waals surface area contributed by atoms with Crippen molar-refractivity contribution in [3.63, 3.8) is 0 Å². The van der Waals surface area contributed by atoms with Crippen LogP contribution in [0.5, 0.6) is 0 Å². The monoisotopic (exact) mass is 564 g/mol. The molecular weight excluding hydrogens is 528 g/mol. The maximum absolute atomic E-state index is 13.9. The van der Waals surface area contributed by atoms with E-state index in [0.29, 0.717) is 53.3 Å². The van der Waals surface area contributed by atoms with E-state index >= 15 is 0 Å². The number of anilines is 3. The van der Waals surface area contributed by atoms with E-state index in [4.69, 9.17) is 10.5 Å². The highest BCUT2D eigenvalue weighted by Crippen LogP contribution is 2.59. The van der Waals surface area contributed by atoms with E-state index in [1.807, 2.05) is 32.2 Å². The van der Waals surface area contributed by atoms with Gasteiger partial charge in [-0.25, -0.2) is 0 Å². The second-order valence-corrected chi connectivity index (χ2v) is 15.2. The first-order valence-electron chi connectivity index (χ1n) is 13.5. The molecule has 2 aliphatic rings. The Balaban J connectivity index is 1.46. The molecule has 5 rings (SSSR count). The summed E-state index contributed by atoms with van der Waals surface area (Å²) in [5.74, 6) is -0.794. The third kappa shape index (κ3) is 4.81. The van der Waals surface area contributed by atoms with Crippen molar-refractivity contribution in [3.05, 3.63) is 65.5 Å². The van der Waals surface area contributed by atoms with Crippen LogP contribution in [0.25, 0.3) is 0 Å². The molecule has 2 aliphatic heterocycles. The highest BCUT2D eigenvalue weighted by Gasteiger charge is 2.65. The summed E-state index contributed by atoms with van der Waals surface area (Å²) in [4.78, 5) is 39.8. The van der Waals surface area contributed by atoms with Crippen LogP contribution in [0.4, 0.5) is 17.1 Å². The number of benzene rings is 2. The third-order valence-corrected chi connectivity index (χ3v) is 10.6. The molecule has 2 amide bonds. The lowest BCUT2D eigenvalue weighted by Crippen LogP contribution is -2.45. The fourth-order valence-corrected chi connectivity index (χ4v) is 8.91. The van der Waals surface area contributed by atoms with Crippen LogP contribution >= 0.6 is 0 Å². The number of fused-ring (bicyclic) bond motifs is 2. The maximum atomic E-state index is 13.9. The molecule has 1 fully saturated rings. The molecule has 40 heavy (non-hydrogen) atoms. The van der Waals surface area contributed by atoms with Gasteiger partial charge in [-0.2, -0.15) is 0 Å². The topological polar surface area (TPSA) is 156 Å². The van der Waals surface area contributed by atoms with Crippen molar-refractivity contribution >= 4 is 37.2 Å². The lowest BCUT2D eigenvalue weighted by atomic mass is 9.82. The Hall–Kier alpha value is -3.58. The van der Waals surface area contributed by atoms with E-state index in [2.05, 4.69) is 15.6 Å². The standard InChI is InChI=1S/C28H36N6O5Si/c1-17-25(40(3,4)38)24(11-13-34-16-21(12-14-35)31-32-34)39-28(17)22-15-20(9-10-23(22)33(2)27(28)37)30-26(36)18-5-7-19(29)8-6-18/h5-10,15-17,24-25,35,38H,11-14,29H2,1-4H3,(H,30,36)/t17-,24+,25-,28+/m1/s1.